The number of amides is 2. The monoisotopic (exact) mass is 350 g/mol. The Bertz CT molecular complexity index is 708. The van der Waals surface area contributed by atoms with Gasteiger partial charge < -0.3 is 15.5 Å². The van der Waals surface area contributed by atoms with E-state index < -0.39 is 39.7 Å². The second kappa shape index (κ2) is 5.49. The van der Waals surface area contributed by atoms with E-state index in [1.165, 1.54) is 11.8 Å². The van der Waals surface area contributed by atoms with Gasteiger partial charge in [0.25, 0.3) is 5.91 Å². The Morgan fingerprint density at radius 2 is 1.92 bits per heavy atom. The lowest BCUT2D eigenvalue weighted by molar-refractivity contribution is -0.185. The first-order chi connectivity index (χ1) is 11.2. The number of benzene rings is 1. The van der Waals surface area contributed by atoms with Gasteiger partial charge in [-0.1, -0.05) is 30.3 Å². The molecule has 2 aliphatic rings. The molecular weight excluding hydrogens is 332 g/mol. The summed E-state index contributed by atoms with van der Waals surface area (Å²) in [6.45, 7) is 3.29. The highest BCUT2D eigenvalue weighted by atomic mass is 32.2. The molecule has 0 aliphatic carbocycles. The van der Waals surface area contributed by atoms with Crippen molar-refractivity contribution in [3.63, 3.8) is 0 Å². The van der Waals surface area contributed by atoms with Crippen molar-refractivity contribution >= 4 is 29.5 Å². The van der Waals surface area contributed by atoms with E-state index in [1.54, 1.807) is 38.1 Å². The van der Waals surface area contributed by atoms with Gasteiger partial charge in [0.1, 0.15) is 5.37 Å². The van der Waals surface area contributed by atoms with Crippen molar-refractivity contribution in [3.8, 4) is 0 Å². The quantitative estimate of drug-likeness (QED) is 0.669. The first kappa shape index (κ1) is 16.8. The van der Waals surface area contributed by atoms with Crippen molar-refractivity contribution in [1.29, 1.82) is 0 Å². The maximum absolute atomic E-state index is 12.4. The molecule has 2 fully saturated rings. The first-order valence-electron chi connectivity index (χ1n) is 7.48. The largest absolute Gasteiger partial charge is 0.478 e. The van der Waals surface area contributed by atoms with E-state index in [-0.39, 0.29) is 6.42 Å². The summed E-state index contributed by atoms with van der Waals surface area (Å²) in [6, 6.07) is 8.93. The number of nitrogens with zero attached hydrogens (tertiary/aromatic N) is 1. The van der Waals surface area contributed by atoms with Crippen LogP contribution in [0.3, 0.4) is 0 Å². The van der Waals surface area contributed by atoms with Gasteiger partial charge in [-0.15, -0.1) is 11.8 Å². The number of aliphatic hydroxyl groups excluding tert-OH is 1. The van der Waals surface area contributed by atoms with Crippen LogP contribution in [0.1, 0.15) is 19.4 Å². The third-order valence-corrected chi connectivity index (χ3v) is 6.10. The number of carboxylic acids is 1. The molecule has 7 nitrogen and oxygen atoms in total. The van der Waals surface area contributed by atoms with Gasteiger partial charge in [-0.3, -0.25) is 14.5 Å². The zero-order valence-electron chi connectivity index (χ0n) is 13.2. The maximum Gasteiger partial charge on any atom is 0.352 e. The van der Waals surface area contributed by atoms with Crippen LogP contribution in [-0.2, 0) is 20.8 Å². The average Bonchev–Trinajstić information content (AvgIpc) is 2.74. The molecule has 8 heteroatoms. The van der Waals surface area contributed by atoms with E-state index in [9.17, 15) is 24.6 Å². The van der Waals surface area contributed by atoms with Crippen molar-refractivity contribution in [1.82, 2.24) is 10.2 Å². The van der Waals surface area contributed by atoms with Crippen LogP contribution in [-0.4, -0.2) is 54.8 Å². The number of carbonyl (C=O) groups is 3. The van der Waals surface area contributed by atoms with Gasteiger partial charge in [0.15, 0.2) is 6.10 Å². The lowest BCUT2D eigenvalue weighted by atomic mass is 9.89. The number of hydrogen-bond acceptors (Lipinski definition) is 5. The summed E-state index contributed by atoms with van der Waals surface area (Å²) in [5.41, 5.74) is -1.14. The molecule has 24 heavy (non-hydrogen) atoms. The molecule has 1 aromatic carbocycles. The molecule has 3 N–H and O–H groups in total. The minimum atomic E-state index is -1.88. The van der Waals surface area contributed by atoms with Crippen molar-refractivity contribution in [2.24, 2.45) is 0 Å². The number of carboxylic acid groups (broad SMARTS) is 1. The smallest absolute Gasteiger partial charge is 0.352 e. The molecule has 2 heterocycles. The molecule has 3 atom stereocenters. The lowest BCUT2D eigenvalue weighted by Gasteiger charge is -2.48. The molecule has 2 aliphatic heterocycles. The van der Waals surface area contributed by atoms with Gasteiger partial charge in [0, 0.05) is 0 Å². The zero-order chi connectivity index (χ0) is 17.7. The van der Waals surface area contributed by atoms with Gasteiger partial charge >= 0.3 is 5.97 Å². The number of nitrogens with one attached hydrogen (secondary N) is 1. The summed E-state index contributed by atoms with van der Waals surface area (Å²) < 4.78 is -0.997. The van der Waals surface area contributed by atoms with Crippen LogP contribution in [0.2, 0.25) is 0 Å². The van der Waals surface area contributed by atoms with Crippen LogP contribution in [0.5, 0.6) is 0 Å². The van der Waals surface area contributed by atoms with Gasteiger partial charge in [-0.2, -0.15) is 0 Å². The molecule has 2 saturated heterocycles. The fourth-order valence-corrected chi connectivity index (χ4v) is 4.88. The van der Waals surface area contributed by atoms with Gasteiger partial charge in [0.05, 0.1) is 11.2 Å². The second-order valence-corrected chi connectivity index (χ2v) is 8.14. The van der Waals surface area contributed by atoms with E-state index >= 15 is 0 Å². The van der Waals surface area contributed by atoms with Crippen molar-refractivity contribution < 1.29 is 24.6 Å². The Balaban J connectivity index is 1.90. The van der Waals surface area contributed by atoms with Crippen LogP contribution in [0.25, 0.3) is 0 Å². The van der Waals surface area contributed by atoms with Crippen LogP contribution in [0.4, 0.5) is 0 Å². The van der Waals surface area contributed by atoms with E-state index in [0.717, 1.165) is 10.5 Å². The summed E-state index contributed by atoms with van der Waals surface area (Å²) in [5.74, 6) is -2.49. The van der Waals surface area contributed by atoms with Gasteiger partial charge in [-0.25, -0.2) is 4.79 Å². The van der Waals surface area contributed by atoms with Crippen molar-refractivity contribution in [3.05, 3.63) is 35.9 Å². The summed E-state index contributed by atoms with van der Waals surface area (Å²) in [5, 5.41) is 21.5. The Labute approximate surface area is 143 Å². The molecule has 0 spiro atoms. The number of carbonyl (C=O) groups excluding carboxylic acids is 2. The van der Waals surface area contributed by atoms with Gasteiger partial charge in [0.2, 0.25) is 11.6 Å². The van der Waals surface area contributed by atoms with Gasteiger partial charge in [-0.05, 0) is 19.4 Å². The summed E-state index contributed by atoms with van der Waals surface area (Å²) in [6.07, 6.45) is -1.23. The van der Waals surface area contributed by atoms with E-state index in [1.807, 2.05) is 6.07 Å². The highest BCUT2D eigenvalue weighted by Crippen LogP contribution is 2.55. The molecule has 0 saturated carbocycles. The van der Waals surface area contributed by atoms with E-state index in [0.29, 0.717) is 0 Å². The van der Waals surface area contributed by atoms with Crippen LogP contribution in [0.15, 0.2) is 30.3 Å². The average molecular weight is 350 g/mol. The lowest BCUT2D eigenvalue weighted by Crippen LogP contribution is -2.78. The second-order valence-electron chi connectivity index (χ2n) is 6.40. The standard InChI is InChI=1S/C16H18N2O5S/c1-15(2)16(14(22)23,18-12(21)11(20)13(18)24-15)17-10(19)8-9-6-4-3-5-7-9/h3-7,11,13,20H,8H2,1-2H3,(H,17,19)(H,22,23)/t11-,13-,16+/m1/s1. The summed E-state index contributed by atoms with van der Waals surface area (Å²) >= 11 is 1.17. The number of rotatable bonds is 4. The third kappa shape index (κ3) is 2.21. The maximum atomic E-state index is 12.4. The predicted octanol–water partition coefficient (Wildman–Crippen LogP) is 0.181. The number of aliphatic hydroxyl groups is 1. The fourth-order valence-electron chi connectivity index (χ4n) is 3.25. The minimum Gasteiger partial charge on any atom is -0.478 e. The molecule has 128 valence electrons. The SMILES string of the molecule is CC1(C)S[C@@H]2[C@H](O)C(=O)N2[C@@]1(NC(=O)Cc1ccccc1)C(=O)O. The molecule has 3 rings (SSSR count). The topological polar surface area (TPSA) is 107 Å². The Hall–Kier alpha value is -2.06. The Morgan fingerprint density at radius 1 is 1.29 bits per heavy atom. The van der Waals surface area contributed by atoms with Crippen molar-refractivity contribution in [2.45, 2.75) is 42.2 Å². The number of β-lactam (4-membered cyclic amide) rings is 1. The molecule has 0 bridgehead atoms. The van der Waals surface area contributed by atoms with E-state index in [4.69, 9.17) is 0 Å². The third-order valence-electron chi connectivity index (χ3n) is 4.50. The van der Waals surface area contributed by atoms with Crippen LogP contribution >= 0.6 is 11.8 Å². The normalized spacial score (nSPS) is 30.5. The highest BCUT2D eigenvalue weighted by molar-refractivity contribution is 8.01. The van der Waals surface area contributed by atoms with Crippen molar-refractivity contribution in [2.75, 3.05) is 0 Å². The van der Waals surface area contributed by atoms with E-state index in [2.05, 4.69) is 5.32 Å². The Morgan fingerprint density at radius 3 is 2.50 bits per heavy atom. The van der Waals surface area contributed by atoms with Crippen LogP contribution in [0, 0.1) is 0 Å². The minimum absolute atomic E-state index is 0.00582. The molecule has 1 aromatic rings. The zero-order valence-corrected chi connectivity index (χ0v) is 14.0. The number of hydrogen-bond donors (Lipinski definition) is 3. The molecule has 0 unspecified atom stereocenters. The highest BCUT2D eigenvalue weighted by Gasteiger charge is 2.73. The molecule has 2 amide bonds. The summed E-state index contributed by atoms with van der Waals surface area (Å²) in [7, 11) is 0. The number of aliphatic carboxylic acids is 1. The molecular formula is C16H18N2O5S. The fraction of sp³-hybridized carbons (Fsp3) is 0.438. The molecule has 0 radical (unpaired) electrons. The molecule has 0 aromatic heterocycles. The van der Waals surface area contributed by atoms with Crippen LogP contribution < -0.4 is 5.32 Å². The Kier molecular flexibility index (Phi) is 3.84. The predicted molar refractivity (Wildman–Crippen MR) is 87.0 cm³/mol. The first-order valence-corrected chi connectivity index (χ1v) is 8.36. The number of thioether (sulfide) groups is 1. The number of fused-ring (bicyclic) bond motifs is 1. The summed E-state index contributed by atoms with van der Waals surface area (Å²) in [4.78, 5) is 37.6.